The zero-order chi connectivity index (χ0) is 20.5. The Morgan fingerprint density at radius 1 is 1.10 bits per heavy atom. The van der Waals surface area contributed by atoms with Crippen molar-refractivity contribution >= 4 is 55.4 Å². The number of rotatable bonds is 6. The molecular weight excluding hydrogens is 426 g/mol. The van der Waals surface area contributed by atoms with Crippen LogP contribution in [-0.2, 0) is 4.74 Å². The lowest BCUT2D eigenvalue weighted by molar-refractivity contribution is 0.0657. The first kappa shape index (κ1) is 20.5. The Hall–Kier alpha value is -1.81. The van der Waals surface area contributed by atoms with Crippen LogP contribution in [0, 0.1) is 3.82 Å². The largest absolute Gasteiger partial charge is 0.378 e. The van der Waals surface area contributed by atoms with Gasteiger partial charge in [0.25, 0.3) is 11.8 Å². The Balaban J connectivity index is 1.56. The van der Waals surface area contributed by atoms with E-state index >= 15 is 0 Å². The number of fused-ring (bicyclic) bond motifs is 1. The number of amides is 2. The van der Waals surface area contributed by atoms with Crippen LogP contribution in [0.15, 0.2) is 24.3 Å². The monoisotopic (exact) mass is 449 g/mol. The average Bonchev–Trinajstić information content (AvgIpc) is 3.22. The summed E-state index contributed by atoms with van der Waals surface area (Å²) in [4.78, 5) is 31.3. The van der Waals surface area contributed by atoms with E-state index in [9.17, 15) is 9.59 Å². The summed E-state index contributed by atoms with van der Waals surface area (Å²) in [5.74, 6) is -0.427. The number of hydrogen-bond acceptors (Lipinski definition) is 8. The maximum absolute atomic E-state index is 12.7. The highest BCUT2D eigenvalue weighted by molar-refractivity contribution is 7.80. The summed E-state index contributed by atoms with van der Waals surface area (Å²) in [5.41, 5.74) is 2.03. The van der Waals surface area contributed by atoms with Crippen LogP contribution in [-0.4, -0.2) is 62.1 Å². The van der Waals surface area contributed by atoms with E-state index in [1.807, 2.05) is 0 Å². The van der Waals surface area contributed by atoms with Gasteiger partial charge >= 0.3 is 0 Å². The smallest absolute Gasteiger partial charge is 0.261 e. The third-order valence-electron chi connectivity index (χ3n) is 5.24. The van der Waals surface area contributed by atoms with Gasteiger partial charge in [0.05, 0.1) is 24.3 Å². The number of imide groups is 1. The van der Waals surface area contributed by atoms with Crippen LogP contribution in [0.5, 0.6) is 0 Å². The molecule has 1 aromatic heterocycles. The minimum absolute atomic E-state index is 0.188. The molecule has 0 N–H and O–H groups in total. The number of carbonyl (C=O) groups excluding carboxylic acids is 2. The van der Waals surface area contributed by atoms with E-state index < -0.39 is 0 Å². The van der Waals surface area contributed by atoms with Gasteiger partial charge in [-0.1, -0.05) is 45.0 Å². The Morgan fingerprint density at radius 2 is 1.72 bits per heavy atom. The molecule has 0 atom stereocenters. The molecule has 29 heavy (non-hydrogen) atoms. The van der Waals surface area contributed by atoms with Crippen molar-refractivity contribution < 1.29 is 14.3 Å². The van der Waals surface area contributed by atoms with Crippen LogP contribution in [0.3, 0.4) is 0 Å². The average molecular weight is 450 g/mol. The Bertz CT molecular complexity index is 944. The number of carbonyl (C=O) groups is 2. The molecule has 3 heterocycles. The molecule has 4 rings (SSSR count). The van der Waals surface area contributed by atoms with Gasteiger partial charge in [-0.05, 0) is 26.0 Å². The second-order valence-corrected chi connectivity index (χ2v) is 10.1. The highest BCUT2D eigenvalue weighted by Crippen LogP contribution is 2.41. The molecule has 6 nitrogen and oxygen atoms in total. The fraction of sp³-hybridized carbons (Fsp3) is 0.450. The van der Waals surface area contributed by atoms with Gasteiger partial charge in [0, 0.05) is 32.2 Å². The van der Waals surface area contributed by atoms with Gasteiger partial charge in [0.15, 0.2) is 0 Å². The van der Waals surface area contributed by atoms with Crippen molar-refractivity contribution in [1.82, 2.24) is 4.90 Å². The third kappa shape index (κ3) is 3.84. The van der Waals surface area contributed by atoms with Gasteiger partial charge in [-0.2, -0.15) is 0 Å². The Kier molecular flexibility index (Phi) is 6.00. The van der Waals surface area contributed by atoms with Crippen molar-refractivity contribution in [2.75, 3.05) is 49.2 Å². The van der Waals surface area contributed by atoms with Crippen LogP contribution < -0.4 is 9.80 Å². The lowest BCUT2D eigenvalue weighted by Gasteiger charge is -2.34. The molecule has 0 saturated carbocycles. The first-order valence-corrected chi connectivity index (χ1v) is 12.2. The maximum atomic E-state index is 12.7. The van der Waals surface area contributed by atoms with Crippen LogP contribution in [0.2, 0.25) is 0 Å². The van der Waals surface area contributed by atoms with Crippen molar-refractivity contribution in [3.8, 4) is 0 Å². The van der Waals surface area contributed by atoms with E-state index in [-0.39, 0.29) is 17.9 Å². The van der Waals surface area contributed by atoms with Crippen molar-refractivity contribution in [1.29, 1.82) is 0 Å². The van der Waals surface area contributed by atoms with Gasteiger partial charge in [-0.3, -0.25) is 14.5 Å². The summed E-state index contributed by atoms with van der Waals surface area (Å²) < 4.78 is 6.34. The summed E-state index contributed by atoms with van der Waals surface area (Å²) in [6, 6.07) is 7.20. The van der Waals surface area contributed by atoms with Gasteiger partial charge in [0.2, 0.25) is 0 Å². The van der Waals surface area contributed by atoms with Crippen LogP contribution in [0.25, 0.3) is 0 Å². The van der Waals surface area contributed by atoms with E-state index in [4.69, 9.17) is 17.0 Å². The molecule has 0 bridgehead atoms. The molecule has 0 unspecified atom stereocenters. The number of nitrogens with zero attached hydrogens (tertiary/aromatic N) is 3. The maximum Gasteiger partial charge on any atom is 0.261 e. The summed E-state index contributed by atoms with van der Waals surface area (Å²) in [5, 5.41) is 1.17. The topological polar surface area (TPSA) is 53.1 Å². The van der Waals surface area contributed by atoms with Crippen molar-refractivity contribution in [2.24, 2.45) is 0 Å². The summed E-state index contributed by atoms with van der Waals surface area (Å²) >= 11 is 5.67. The second-order valence-electron chi connectivity index (χ2n) is 7.30. The molecule has 1 fully saturated rings. The van der Waals surface area contributed by atoms with E-state index in [0.29, 0.717) is 37.4 Å². The van der Waals surface area contributed by atoms with Crippen LogP contribution in [0.4, 0.5) is 10.7 Å². The number of anilines is 2. The standard InChI is InChI=1S/C20H23N3O3S3/c1-13(2)22(16-19(28-29-20(16)27)21-9-11-26-12-10-21)7-8-23-17(24)14-5-3-4-6-15(14)18(23)25/h3-6,13H,7-12H2,1-2H3. The number of morpholine rings is 1. The second kappa shape index (κ2) is 8.51. The lowest BCUT2D eigenvalue weighted by atomic mass is 10.1. The Labute approximate surface area is 182 Å². The third-order valence-corrected chi connectivity index (χ3v) is 8.26. The van der Waals surface area contributed by atoms with E-state index in [1.54, 1.807) is 44.9 Å². The van der Waals surface area contributed by atoms with Gasteiger partial charge in [-0.25, -0.2) is 0 Å². The first-order valence-electron chi connectivity index (χ1n) is 9.66. The molecular formula is C20H23N3O3S3. The Morgan fingerprint density at radius 3 is 2.31 bits per heavy atom. The molecule has 0 aliphatic carbocycles. The zero-order valence-electron chi connectivity index (χ0n) is 16.4. The molecule has 2 aromatic rings. The molecule has 9 heteroatoms. The number of hydrogen-bond donors (Lipinski definition) is 0. The minimum Gasteiger partial charge on any atom is -0.378 e. The molecule has 2 aliphatic rings. The van der Waals surface area contributed by atoms with Gasteiger partial charge in [0.1, 0.15) is 14.5 Å². The highest BCUT2D eigenvalue weighted by atomic mass is 32.9. The molecule has 2 amide bonds. The molecule has 1 saturated heterocycles. The van der Waals surface area contributed by atoms with E-state index in [1.165, 1.54) is 9.90 Å². The summed E-state index contributed by atoms with van der Waals surface area (Å²) in [6.45, 7) is 8.23. The molecule has 1 aromatic carbocycles. The fourth-order valence-corrected chi connectivity index (χ4v) is 6.67. The van der Waals surface area contributed by atoms with Gasteiger partial charge < -0.3 is 14.5 Å². The fourth-order valence-electron chi connectivity index (χ4n) is 3.73. The van der Waals surface area contributed by atoms with Gasteiger partial charge in [-0.15, -0.1) is 0 Å². The summed E-state index contributed by atoms with van der Waals surface area (Å²) in [6.07, 6.45) is 0. The molecule has 0 radical (unpaired) electrons. The SMILES string of the molecule is CC(C)N(CCN1C(=O)c2ccccc2C1=O)c1c(N2CCOCC2)ssc1=S. The minimum atomic E-state index is -0.213. The van der Waals surface area contributed by atoms with Crippen molar-refractivity contribution in [2.45, 2.75) is 19.9 Å². The normalized spacial score (nSPS) is 16.7. The highest BCUT2D eigenvalue weighted by Gasteiger charge is 2.35. The quantitative estimate of drug-likeness (QED) is 0.379. The lowest BCUT2D eigenvalue weighted by Crippen LogP contribution is -2.42. The predicted molar refractivity (Wildman–Crippen MR) is 120 cm³/mol. The predicted octanol–water partition coefficient (Wildman–Crippen LogP) is 3.89. The van der Waals surface area contributed by atoms with E-state index in [2.05, 4.69) is 23.6 Å². The van der Waals surface area contributed by atoms with E-state index in [0.717, 1.165) is 22.6 Å². The summed E-state index contributed by atoms with van der Waals surface area (Å²) in [7, 11) is 3.30. The molecule has 0 spiro atoms. The first-order chi connectivity index (χ1) is 14.0. The molecule has 2 aliphatic heterocycles. The number of ether oxygens (including phenoxy) is 1. The van der Waals surface area contributed by atoms with Crippen LogP contribution >= 0.6 is 32.9 Å². The molecule has 154 valence electrons. The zero-order valence-corrected chi connectivity index (χ0v) is 18.9. The van der Waals surface area contributed by atoms with Crippen LogP contribution in [0.1, 0.15) is 34.6 Å². The number of benzene rings is 1. The van der Waals surface area contributed by atoms with Crippen molar-refractivity contribution in [3.63, 3.8) is 0 Å². The van der Waals surface area contributed by atoms with Crippen molar-refractivity contribution in [3.05, 3.63) is 39.2 Å².